The van der Waals surface area contributed by atoms with E-state index in [1.807, 2.05) is 6.07 Å². The molecule has 0 spiro atoms. The van der Waals surface area contributed by atoms with Crippen molar-refractivity contribution in [2.75, 3.05) is 14.2 Å². The number of carbonyl (C=O) groups excluding carboxylic acids is 3. The van der Waals surface area contributed by atoms with Crippen LogP contribution in [0.4, 0.5) is 0 Å². The lowest BCUT2D eigenvalue weighted by atomic mass is 9.78. The first kappa shape index (κ1) is 18.4. The first-order chi connectivity index (χ1) is 13.4. The van der Waals surface area contributed by atoms with Crippen LogP contribution in [0, 0.1) is 11.8 Å². The zero-order chi connectivity index (χ0) is 20.2. The van der Waals surface area contributed by atoms with Gasteiger partial charge in [0.25, 0.3) is 0 Å². The first-order valence-corrected chi connectivity index (χ1v) is 9.12. The van der Waals surface area contributed by atoms with E-state index >= 15 is 0 Å². The number of phenols is 1. The van der Waals surface area contributed by atoms with E-state index in [9.17, 15) is 19.5 Å². The van der Waals surface area contributed by atoms with E-state index in [4.69, 9.17) is 4.74 Å². The molecule has 2 aromatic rings. The number of benzene rings is 1. The third-order valence-corrected chi connectivity index (χ3v) is 6.02. The molecule has 0 aliphatic carbocycles. The number of esters is 1. The summed E-state index contributed by atoms with van der Waals surface area (Å²) in [5.41, 5.74) is -0.424. The largest absolute Gasteiger partial charge is 0.506 e. The van der Waals surface area contributed by atoms with Gasteiger partial charge < -0.3 is 9.84 Å². The number of imide groups is 1. The number of fused-ring (bicyclic) bond motifs is 2. The van der Waals surface area contributed by atoms with E-state index < -0.39 is 35.3 Å². The van der Waals surface area contributed by atoms with Gasteiger partial charge in [0.05, 0.1) is 30.7 Å². The molecule has 0 saturated carbocycles. The van der Waals surface area contributed by atoms with Gasteiger partial charge in [0, 0.05) is 12.4 Å². The second kappa shape index (κ2) is 6.27. The van der Waals surface area contributed by atoms with Crippen LogP contribution < -0.4 is 5.32 Å². The Labute approximate surface area is 161 Å². The van der Waals surface area contributed by atoms with Gasteiger partial charge in [0.1, 0.15) is 16.8 Å². The minimum atomic E-state index is -1.31. The molecule has 2 fully saturated rings. The highest BCUT2D eigenvalue weighted by Gasteiger charge is 2.67. The summed E-state index contributed by atoms with van der Waals surface area (Å²) in [4.78, 5) is 44.0. The van der Waals surface area contributed by atoms with Crippen LogP contribution in [0.5, 0.6) is 5.75 Å². The van der Waals surface area contributed by atoms with Crippen LogP contribution >= 0.6 is 0 Å². The molecule has 2 amide bonds. The molecule has 28 heavy (non-hydrogen) atoms. The molecule has 8 nitrogen and oxygen atoms in total. The number of carbonyl (C=O) groups is 3. The second-order valence-corrected chi connectivity index (χ2v) is 7.26. The minimum absolute atomic E-state index is 0.0227. The van der Waals surface area contributed by atoms with E-state index in [0.29, 0.717) is 11.2 Å². The molecule has 1 aromatic carbocycles. The van der Waals surface area contributed by atoms with Crippen molar-refractivity contribution in [1.29, 1.82) is 0 Å². The highest BCUT2D eigenvalue weighted by atomic mass is 16.5. The number of nitrogens with one attached hydrogen (secondary N) is 1. The average Bonchev–Trinajstić information content (AvgIpc) is 3.18. The number of ether oxygens (including phenoxy) is 1. The number of methoxy groups -OCH3 is 1. The Morgan fingerprint density at radius 2 is 2.04 bits per heavy atom. The summed E-state index contributed by atoms with van der Waals surface area (Å²) in [5, 5.41) is 14.1. The monoisotopic (exact) mass is 383 g/mol. The molecular formula is C20H21N3O5. The van der Waals surface area contributed by atoms with Crippen molar-refractivity contribution in [3.05, 3.63) is 36.0 Å². The van der Waals surface area contributed by atoms with Gasteiger partial charge in [-0.25, -0.2) is 4.98 Å². The fraction of sp³-hybridized carbons (Fsp3) is 0.400. The van der Waals surface area contributed by atoms with E-state index in [2.05, 4.69) is 10.3 Å². The Bertz CT molecular complexity index is 1010. The van der Waals surface area contributed by atoms with E-state index in [1.54, 1.807) is 25.1 Å². The lowest BCUT2D eigenvalue weighted by molar-refractivity contribution is -0.154. The van der Waals surface area contributed by atoms with Gasteiger partial charge in [-0.1, -0.05) is 25.1 Å². The topological polar surface area (TPSA) is 109 Å². The van der Waals surface area contributed by atoms with E-state index in [-0.39, 0.29) is 18.1 Å². The first-order valence-electron chi connectivity index (χ1n) is 9.12. The average molecular weight is 383 g/mol. The molecule has 4 rings (SSSR count). The predicted molar refractivity (Wildman–Crippen MR) is 99.1 cm³/mol. The SMILES string of the molecule is CC[C@@]1(C(=O)OC)N[C@H](c2ccc3cccc(O)c3n2)[C@@H]2C(=O)N(C)C(=O)[C@@H]21. The number of nitrogens with zero attached hydrogens (tertiary/aromatic N) is 2. The van der Waals surface area contributed by atoms with Gasteiger partial charge in [-0.2, -0.15) is 0 Å². The molecular weight excluding hydrogens is 362 g/mol. The minimum Gasteiger partial charge on any atom is -0.506 e. The molecule has 0 bridgehead atoms. The maximum atomic E-state index is 12.9. The van der Waals surface area contributed by atoms with Gasteiger partial charge in [-0.05, 0) is 18.6 Å². The number of para-hydroxylation sites is 1. The molecule has 2 saturated heterocycles. The van der Waals surface area contributed by atoms with Crippen LogP contribution in [0.1, 0.15) is 25.1 Å². The van der Waals surface area contributed by atoms with Crippen molar-refractivity contribution in [3.8, 4) is 5.75 Å². The number of hydrogen-bond acceptors (Lipinski definition) is 7. The molecule has 0 radical (unpaired) electrons. The number of likely N-dealkylation sites (tertiary alicyclic amines) is 1. The number of hydrogen-bond donors (Lipinski definition) is 2. The molecule has 2 aliphatic rings. The van der Waals surface area contributed by atoms with Gasteiger partial charge >= 0.3 is 5.97 Å². The molecule has 4 atom stereocenters. The van der Waals surface area contributed by atoms with Crippen molar-refractivity contribution in [2.45, 2.75) is 24.9 Å². The molecule has 0 unspecified atom stereocenters. The smallest absolute Gasteiger partial charge is 0.326 e. The van der Waals surface area contributed by atoms with E-state index in [1.165, 1.54) is 20.2 Å². The maximum absolute atomic E-state index is 12.9. The second-order valence-electron chi connectivity index (χ2n) is 7.26. The highest BCUT2D eigenvalue weighted by Crippen LogP contribution is 2.49. The van der Waals surface area contributed by atoms with E-state index in [0.717, 1.165) is 10.3 Å². The normalized spacial score (nSPS) is 29.4. The summed E-state index contributed by atoms with van der Waals surface area (Å²) in [7, 11) is 2.69. The molecule has 8 heteroatoms. The van der Waals surface area contributed by atoms with Gasteiger partial charge in [-0.3, -0.25) is 24.6 Å². The third-order valence-electron chi connectivity index (χ3n) is 6.02. The Morgan fingerprint density at radius 1 is 1.29 bits per heavy atom. The van der Waals surface area contributed by atoms with Crippen molar-refractivity contribution in [3.63, 3.8) is 0 Å². The Morgan fingerprint density at radius 3 is 2.71 bits per heavy atom. The highest BCUT2D eigenvalue weighted by molar-refractivity contribution is 6.09. The zero-order valence-electron chi connectivity index (χ0n) is 15.8. The van der Waals surface area contributed by atoms with Crippen LogP contribution in [0.2, 0.25) is 0 Å². The summed E-state index contributed by atoms with van der Waals surface area (Å²) in [6.45, 7) is 1.78. The summed E-state index contributed by atoms with van der Waals surface area (Å²) in [6, 6.07) is 7.95. The van der Waals surface area contributed by atoms with Crippen molar-refractivity contribution >= 4 is 28.7 Å². The van der Waals surface area contributed by atoms with Crippen molar-refractivity contribution in [2.24, 2.45) is 11.8 Å². The molecule has 1 aromatic heterocycles. The fourth-order valence-electron chi connectivity index (χ4n) is 4.56. The third kappa shape index (κ3) is 2.27. The number of phenolic OH excluding ortho intramolecular Hbond substituents is 1. The van der Waals surface area contributed by atoms with Crippen molar-refractivity contribution in [1.82, 2.24) is 15.2 Å². The van der Waals surface area contributed by atoms with Crippen LogP contribution in [0.15, 0.2) is 30.3 Å². The van der Waals surface area contributed by atoms with Crippen LogP contribution in [-0.4, -0.2) is 52.5 Å². The molecule has 3 heterocycles. The number of rotatable bonds is 3. The number of aromatic nitrogens is 1. The number of pyridine rings is 1. The maximum Gasteiger partial charge on any atom is 0.326 e. The fourth-order valence-corrected chi connectivity index (χ4v) is 4.56. The molecule has 146 valence electrons. The van der Waals surface area contributed by atoms with Gasteiger partial charge in [0.2, 0.25) is 11.8 Å². The molecule has 2 aliphatic heterocycles. The lowest BCUT2D eigenvalue weighted by Crippen LogP contribution is -2.55. The van der Waals surface area contributed by atoms with Crippen LogP contribution in [0.25, 0.3) is 10.9 Å². The standard InChI is InChI=1S/C20H21N3O5/c1-4-20(19(27)28-3)14-13(17(25)23(2)18(14)26)16(22-20)11-9-8-10-6-5-7-12(24)15(10)21-11/h5-9,13-14,16,22,24H,4H2,1-3H3/t13-,14-,16-,20-/m1/s1. The Hall–Kier alpha value is -3.00. The summed E-state index contributed by atoms with van der Waals surface area (Å²) in [5.74, 6) is -2.95. The summed E-state index contributed by atoms with van der Waals surface area (Å²) in [6.07, 6.45) is 0.281. The number of aromatic hydroxyl groups is 1. The van der Waals surface area contributed by atoms with Gasteiger partial charge in [0.15, 0.2) is 0 Å². The lowest BCUT2D eigenvalue weighted by Gasteiger charge is -2.30. The van der Waals surface area contributed by atoms with Crippen LogP contribution in [0.3, 0.4) is 0 Å². The predicted octanol–water partition coefficient (Wildman–Crippen LogP) is 1.14. The van der Waals surface area contributed by atoms with Crippen molar-refractivity contribution < 1.29 is 24.2 Å². The quantitative estimate of drug-likeness (QED) is 0.604. The Kier molecular flexibility index (Phi) is 4.11. The zero-order valence-corrected chi connectivity index (χ0v) is 15.8. The summed E-state index contributed by atoms with van der Waals surface area (Å²) >= 11 is 0. The Balaban J connectivity index is 1.88. The molecule has 2 N–H and O–H groups in total. The van der Waals surface area contributed by atoms with Gasteiger partial charge in [-0.15, -0.1) is 0 Å². The number of amides is 2. The summed E-state index contributed by atoms with van der Waals surface area (Å²) < 4.78 is 4.99. The van der Waals surface area contributed by atoms with Crippen LogP contribution in [-0.2, 0) is 19.1 Å².